The number of anilines is 1. The molecule has 0 spiro atoms. The van der Waals surface area contributed by atoms with Crippen LogP contribution in [0.4, 0.5) is 5.95 Å². The predicted molar refractivity (Wildman–Crippen MR) is 111 cm³/mol. The molecule has 7 heteroatoms. The lowest BCUT2D eigenvalue weighted by molar-refractivity contribution is -0.116. The Kier molecular flexibility index (Phi) is 5.71. The van der Waals surface area contributed by atoms with Crippen molar-refractivity contribution >= 4 is 23.5 Å². The number of unbranched alkanes of at least 4 members (excludes halogenated alkanes) is 1. The zero-order chi connectivity index (χ0) is 19.5. The zero-order valence-corrected chi connectivity index (χ0v) is 17.2. The number of ether oxygens (including phenoxy) is 1. The van der Waals surface area contributed by atoms with Crippen LogP contribution in [0, 0.1) is 0 Å². The number of aromatic nitrogens is 3. The second kappa shape index (κ2) is 8.39. The van der Waals surface area contributed by atoms with Gasteiger partial charge in [0.25, 0.3) is 0 Å². The average Bonchev–Trinajstić information content (AvgIpc) is 3.10. The van der Waals surface area contributed by atoms with Crippen LogP contribution in [0.25, 0.3) is 0 Å². The third-order valence-corrected chi connectivity index (χ3v) is 5.81. The van der Waals surface area contributed by atoms with E-state index in [0.29, 0.717) is 19.0 Å². The highest BCUT2D eigenvalue weighted by atomic mass is 32.2. The second-order valence-corrected chi connectivity index (χ2v) is 8.26. The van der Waals surface area contributed by atoms with Crippen LogP contribution < -0.4 is 10.1 Å². The molecule has 4 rings (SSSR count). The van der Waals surface area contributed by atoms with Gasteiger partial charge in [-0.3, -0.25) is 4.79 Å². The lowest BCUT2D eigenvalue weighted by Gasteiger charge is -2.32. The van der Waals surface area contributed by atoms with Gasteiger partial charge in [0.05, 0.1) is 6.61 Å². The van der Waals surface area contributed by atoms with E-state index in [2.05, 4.69) is 24.1 Å². The average molecular weight is 399 g/mol. The first-order chi connectivity index (χ1) is 13.7. The van der Waals surface area contributed by atoms with Crippen molar-refractivity contribution in [3.63, 3.8) is 0 Å². The molecule has 1 aliphatic heterocycles. The van der Waals surface area contributed by atoms with Crippen molar-refractivity contribution < 1.29 is 9.53 Å². The highest BCUT2D eigenvalue weighted by molar-refractivity contribution is 7.99. The van der Waals surface area contributed by atoms with E-state index in [1.165, 1.54) is 0 Å². The molecule has 1 atom stereocenters. The standard InChI is InChI=1S/C21H26N4O2S/c1-3-5-13-27-17-12-7-6-9-14(17)19-18-15(10-8-11-16(18)26)22-20-23-21(28-4-2)24-25(19)20/h6-7,9,12,19H,3-5,8,10-11,13H2,1-2H3,(H,22,23,24). The van der Waals surface area contributed by atoms with Gasteiger partial charge in [0.15, 0.2) is 5.78 Å². The molecule has 0 saturated carbocycles. The minimum absolute atomic E-state index is 0.188. The SMILES string of the molecule is CCCCOc1ccccc1C1C2=C(CCCC2=O)Nc2nc(SCC)nn21. The van der Waals surface area contributed by atoms with Crippen molar-refractivity contribution in [3.8, 4) is 5.75 Å². The third-order valence-electron chi connectivity index (χ3n) is 5.09. The van der Waals surface area contributed by atoms with Crippen molar-refractivity contribution in [2.45, 2.75) is 57.1 Å². The summed E-state index contributed by atoms with van der Waals surface area (Å²) in [5.41, 5.74) is 2.77. The minimum atomic E-state index is -0.296. The Balaban J connectivity index is 1.81. The molecule has 0 saturated heterocycles. The minimum Gasteiger partial charge on any atom is -0.493 e. The molecule has 2 heterocycles. The van der Waals surface area contributed by atoms with Crippen molar-refractivity contribution in [3.05, 3.63) is 41.1 Å². The fraction of sp³-hybridized carbons (Fsp3) is 0.476. The van der Waals surface area contributed by atoms with Gasteiger partial charge in [-0.1, -0.05) is 50.2 Å². The Hall–Kier alpha value is -2.28. The van der Waals surface area contributed by atoms with E-state index in [1.54, 1.807) is 11.8 Å². The number of fused-ring (bicyclic) bond motifs is 1. The van der Waals surface area contributed by atoms with Gasteiger partial charge >= 0.3 is 0 Å². The summed E-state index contributed by atoms with van der Waals surface area (Å²) in [5.74, 6) is 2.61. The molecule has 2 aromatic rings. The lowest BCUT2D eigenvalue weighted by Crippen LogP contribution is -2.31. The molecule has 0 bridgehead atoms. The molecular weight excluding hydrogens is 372 g/mol. The maximum atomic E-state index is 12.9. The van der Waals surface area contributed by atoms with Crippen molar-refractivity contribution in [1.82, 2.24) is 14.8 Å². The number of ketones is 1. The molecular formula is C21H26N4O2S. The molecule has 148 valence electrons. The van der Waals surface area contributed by atoms with Gasteiger partial charge in [-0.25, -0.2) is 4.68 Å². The molecule has 1 aromatic carbocycles. The monoisotopic (exact) mass is 398 g/mol. The number of rotatable bonds is 7. The molecule has 2 aliphatic rings. The van der Waals surface area contributed by atoms with E-state index in [-0.39, 0.29) is 11.8 Å². The van der Waals surface area contributed by atoms with Gasteiger partial charge in [-0.2, -0.15) is 4.98 Å². The Morgan fingerprint density at radius 1 is 1.29 bits per heavy atom. The Bertz CT molecular complexity index is 906. The van der Waals surface area contributed by atoms with Gasteiger partial charge in [0, 0.05) is 23.3 Å². The van der Waals surface area contributed by atoms with Crippen molar-refractivity contribution in [2.24, 2.45) is 0 Å². The zero-order valence-electron chi connectivity index (χ0n) is 16.4. The van der Waals surface area contributed by atoms with Crippen LogP contribution in [0.3, 0.4) is 0 Å². The van der Waals surface area contributed by atoms with Gasteiger partial charge in [-0.15, -0.1) is 5.10 Å². The smallest absolute Gasteiger partial charge is 0.227 e. The number of allylic oxidation sites excluding steroid dienone is 2. The Morgan fingerprint density at radius 2 is 2.14 bits per heavy atom. The predicted octanol–water partition coefficient (Wildman–Crippen LogP) is 4.59. The molecule has 0 amide bonds. The topological polar surface area (TPSA) is 69.0 Å². The number of nitrogens with one attached hydrogen (secondary N) is 1. The van der Waals surface area contributed by atoms with E-state index >= 15 is 0 Å². The number of thioether (sulfide) groups is 1. The number of nitrogens with zero attached hydrogens (tertiary/aromatic N) is 3. The van der Waals surface area contributed by atoms with Crippen LogP contribution in [0.1, 0.15) is 57.6 Å². The van der Waals surface area contributed by atoms with E-state index in [1.807, 2.05) is 28.9 Å². The Morgan fingerprint density at radius 3 is 2.96 bits per heavy atom. The molecule has 1 unspecified atom stereocenters. The normalized spacial score (nSPS) is 18.5. The number of Topliss-reactive ketones (excluding diaryl/α,β-unsaturated/α-hetero) is 1. The van der Waals surface area contributed by atoms with Gasteiger partial charge < -0.3 is 10.1 Å². The number of carbonyl (C=O) groups excluding carboxylic acids is 1. The second-order valence-electron chi connectivity index (χ2n) is 7.03. The van der Waals surface area contributed by atoms with E-state index in [0.717, 1.165) is 59.2 Å². The number of para-hydroxylation sites is 1. The largest absolute Gasteiger partial charge is 0.493 e. The molecule has 1 aromatic heterocycles. The van der Waals surface area contributed by atoms with Crippen LogP contribution in [0.2, 0.25) is 0 Å². The first-order valence-electron chi connectivity index (χ1n) is 10.1. The molecule has 0 fully saturated rings. The molecule has 1 N–H and O–H groups in total. The van der Waals surface area contributed by atoms with Crippen LogP contribution in [0.5, 0.6) is 5.75 Å². The summed E-state index contributed by atoms with van der Waals surface area (Å²) >= 11 is 1.60. The van der Waals surface area contributed by atoms with E-state index in [9.17, 15) is 4.79 Å². The number of hydrogen-bond donors (Lipinski definition) is 1. The van der Waals surface area contributed by atoms with Crippen LogP contribution in [0.15, 0.2) is 40.7 Å². The van der Waals surface area contributed by atoms with Crippen LogP contribution in [-0.4, -0.2) is 32.9 Å². The fourth-order valence-electron chi connectivity index (χ4n) is 3.78. The summed E-state index contributed by atoms with van der Waals surface area (Å²) in [6.07, 6.45) is 4.39. The molecule has 28 heavy (non-hydrogen) atoms. The molecule has 6 nitrogen and oxygen atoms in total. The van der Waals surface area contributed by atoms with E-state index in [4.69, 9.17) is 9.84 Å². The first kappa shape index (κ1) is 19.1. The number of carbonyl (C=O) groups is 1. The van der Waals surface area contributed by atoms with E-state index < -0.39 is 0 Å². The summed E-state index contributed by atoms with van der Waals surface area (Å²) in [5, 5.41) is 8.83. The quantitative estimate of drug-likeness (QED) is 0.543. The summed E-state index contributed by atoms with van der Waals surface area (Å²) in [7, 11) is 0. The lowest BCUT2D eigenvalue weighted by atomic mass is 9.85. The van der Waals surface area contributed by atoms with Gasteiger partial charge in [0.2, 0.25) is 11.1 Å². The highest BCUT2D eigenvalue weighted by Crippen LogP contribution is 2.43. The molecule has 0 radical (unpaired) electrons. The summed E-state index contributed by atoms with van der Waals surface area (Å²) in [6, 6.07) is 7.71. The van der Waals surface area contributed by atoms with Gasteiger partial charge in [0.1, 0.15) is 11.8 Å². The van der Waals surface area contributed by atoms with Gasteiger partial charge in [-0.05, 0) is 31.1 Å². The first-order valence-corrected chi connectivity index (χ1v) is 11.1. The summed E-state index contributed by atoms with van der Waals surface area (Å²) in [6.45, 7) is 4.90. The summed E-state index contributed by atoms with van der Waals surface area (Å²) in [4.78, 5) is 17.6. The van der Waals surface area contributed by atoms with Crippen molar-refractivity contribution in [1.29, 1.82) is 0 Å². The maximum Gasteiger partial charge on any atom is 0.227 e. The maximum absolute atomic E-state index is 12.9. The fourth-order valence-corrected chi connectivity index (χ4v) is 4.33. The van der Waals surface area contributed by atoms with Crippen molar-refractivity contribution in [2.75, 3.05) is 17.7 Å². The van der Waals surface area contributed by atoms with Crippen LogP contribution in [-0.2, 0) is 4.79 Å². The summed E-state index contributed by atoms with van der Waals surface area (Å²) < 4.78 is 7.96. The number of benzene rings is 1. The Labute approximate surface area is 169 Å². The molecule has 1 aliphatic carbocycles. The van der Waals surface area contributed by atoms with Crippen LogP contribution >= 0.6 is 11.8 Å². The highest BCUT2D eigenvalue weighted by Gasteiger charge is 2.38. The number of hydrogen-bond acceptors (Lipinski definition) is 6. The third kappa shape index (κ3) is 3.55.